The van der Waals surface area contributed by atoms with Crippen LogP contribution in [0.4, 0.5) is 0 Å². The van der Waals surface area contributed by atoms with Gasteiger partial charge in [0.25, 0.3) is 5.56 Å². The van der Waals surface area contributed by atoms with Crippen LogP contribution in [0.1, 0.15) is 51.0 Å². The molecule has 26 heavy (non-hydrogen) atoms. The molecule has 2 aromatic heterocycles. The minimum Gasteiger partial charge on any atom is -0.342 e. The molecule has 1 atom stereocenters. The molecule has 0 spiro atoms. The molecule has 3 rings (SSSR count). The molecule has 0 bridgehead atoms. The van der Waals surface area contributed by atoms with Gasteiger partial charge in [-0.25, -0.2) is 4.98 Å². The molecule has 5 nitrogen and oxygen atoms in total. The van der Waals surface area contributed by atoms with Gasteiger partial charge in [-0.05, 0) is 52.0 Å². The van der Waals surface area contributed by atoms with E-state index in [4.69, 9.17) is 4.98 Å². The summed E-state index contributed by atoms with van der Waals surface area (Å²) in [6, 6.07) is 0. The van der Waals surface area contributed by atoms with E-state index in [0.29, 0.717) is 24.8 Å². The summed E-state index contributed by atoms with van der Waals surface area (Å²) in [4.78, 5) is 34.6. The summed E-state index contributed by atoms with van der Waals surface area (Å²) in [6.07, 6.45) is 4.05. The fourth-order valence-electron chi connectivity index (χ4n) is 3.57. The number of hydrogen-bond donors (Lipinski definition) is 0. The van der Waals surface area contributed by atoms with Crippen molar-refractivity contribution < 1.29 is 4.79 Å². The highest BCUT2D eigenvalue weighted by Crippen LogP contribution is 2.36. The average molecular weight is 394 g/mol. The molecule has 2 aromatic rings. The van der Waals surface area contributed by atoms with Crippen LogP contribution >= 0.6 is 23.1 Å². The van der Waals surface area contributed by atoms with E-state index < -0.39 is 0 Å². The van der Waals surface area contributed by atoms with E-state index in [2.05, 4.69) is 6.92 Å². The topological polar surface area (TPSA) is 55.2 Å². The molecule has 0 fully saturated rings. The second-order valence-corrected chi connectivity index (χ2v) is 9.05. The third-order valence-corrected chi connectivity index (χ3v) is 7.21. The Morgan fingerprint density at radius 2 is 2.04 bits per heavy atom. The van der Waals surface area contributed by atoms with Crippen molar-refractivity contribution in [1.82, 2.24) is 14.5 Å². The van der Waals surface area contributed by atoms with E-state index in [1.165, 1.54) is 22.2 Å². The highest BCUT2D eigenvalue weighted by molar-refractivity contribution is 8.00. The van der Waals surface area contributed by atoms with Gasteiger partial charge in [-0.3, -0.25) is 14.2 Å². The van der Waals surface area contributed by atoms with Gasteiger partial charge in [0.1, 0.15) is 4.83 Å². The van der Waals surface area contributed by atoms with Crippen molar-refractivity contribution in [3.05, 3.63) is 20.8 Å². The molecule has 0 saturated heterocycles. The van der Waals surface area contributed by atoms with E-state index in [-0.39, 0.29) is 16.7 Å². The molecular formula is C19H27N3O2S2. The van der Waals surface area contributed by atoms with Crippen molar-refractivity contribution in [3.8, 4) is 0 Å². The Labute approximate surface area is 162 Å². The Morgan fingerprint density at radius 1 is 1.31 bits per heavy atom. The first-order valence-electron chi connectivity index (χ1n) is 9.52. The highest BCUT2D eigenvalue weighted by Gasteiger charge is 2.26. The van der Waals surface area contributed by atoms with Gasteiger partial charge in [0, 0.05) is 24.5 Å². The Hall–Kier alpha value is -1.34. The fraction of sp³-hybridized carbons (Fsp3) is 0.632. The third kappa shape index (κ3) is 3.43. The van der Waals surface area contributed by atoms with Gasteiger partial charge >= 0.3 is 0 Å². The number of carbonyl (C=O) groups is 1. The zero-order valence-corrected chi connectivity index (χ0v) is 17.6. The number of fused-ring (bicyclic) bond motifs is 3. The van der Waals surface area contributed by atoms with Crippen LogP contribution < -0.4 is 5.56 Å². The molecule has 2 heterocycles. The highest BCUT2D eigenvalue weighted by atomic mass is 32.2. The summed E-state index contributed by atoms with van der Waals surface area (Å²) < 4.78 is 1.78. The largest absolute Gasteiger partial charge is 0.342 e. The average Bonchev–Trinajstić information content (AvgIpc) is 3.19. The molecule has 142 valence electrons. The van der Waals surface area contributed by atoms with E-state index in [0.717, 1.165) is 35.9 Å². The molecule has 1 aliphatic rings. The molecule has 0 aliphatic heterocycles. The van der Waals surface area contributed by atoms with Gasteiger partial charge in [0.05, 0.1) is 10.6 Å². The summed E-state index contributed by atoms with van der Waals surface area (Å²) in [7, 11) is 0. The van der Waals surface area contributed by atoms with Gasteiger partial charge < -0.3 is 4.90 Å². The zero-order valence-electron chi connectivity index (χ0n) is 16.0. The predicted octanol–water partition coefficient (Wildman–Crippen LogP) is 3.71. The summed E-state index contributed by atoms with van der Waals surface area (Å²) >= 11 is 3.07. The van der Waals surface area contributed by atoms with Gasteiger partial charge in [-0.2, -0.15) is 0 Å². The number of thiophene rings is 1. The third-order valence-electron chi connectivity index (χ3n) is 4.94. The lowest BCUT2D eigenvalue weighted by molar-refractivity contribution is -0.129. The maximum absolute atomic E-state index is 13.2. The normalized spacial score (nSPS) is 14.6. The van der Waals surface area contributed by atoms with Crippen molar-refractivity contribution in [1.29, 1.82) is 0 Å². The molecule has 7 heteroatoms. The van der Waals surface area contributed by atoms with E-state index in [1.807, 2.05) is 25.7 Å². The number of aryl methyl sites for hydroxylation is 2. The number of carbonyl (C=O) groups excluding carboxylic acids is 1. The quantitative estimate of drug-likeness (QED) is 0.532. The minimum atomic E-state index is -0.255. The summed E-state index contributed by atoms with van der Waals surface area (Å²) in [6.45, 7) is 9.99. The maximum atomic E-state index is 13.2. The molecule has 1 unspecified atom stereocenters. The van der Waals surface area contributed by atoms with Crippen LogP contribution in [0.3, 0.4) is 0 Å². The van der Waals surface area contributed by atoms with Crippen LogP contribution in [0, 0.1) is 0 Å². The van der Waals surface area contributed by atoms with Crippen LogP contribution in [0.25, 0.3) is 10.2 Å². The minimum absolute atomic E-state index is 0.0706. The maximum Gasteiger partial charge on any atom is 0.263 e. The monoisotopic (exact) mass is 393 g/mol. The number of rotatable bonds is 7. The van der Waals surface area contributed by atoms with Crippen molar-refractivity contribution in [3.63, 3.8) is 0 Å². The first kappa shape index (κ1) is 19.4. The molecule has 0 radical (unpaired) electrons. The van der Waals surface area contributed by atoms with Crippen LogP contribution in [0.5, 0.6) is 0 Å². The Bertz CT molecular complexity index is 868. The lowest BCUT2D eigenvalue weighted by atomic mass is 10.2. The first-order chi connectivity index (χ1) is 12.5. The van der Waals surface area contributed by atoms with E-state index in [9.17, 15) is 9.59 Å². The Kier molecular flexibility index (Phi) is 6.07. The number of amides is 1. The molecule has 0 N–H and O–H groups in total. The summed E-state index contributed by atoms with van der Waals surface area (Å²) in [5.41, 5.74) is 1.29. The smallest absolute Gasteiger partial charge is 0.263 e. The van der Waals surface area contributed by atoms with Crippen molar-refractivity contribution in [2.75, 3.05) is 13.1 Å². The lowest BCUT2D eigenvalue weighted by Gasteiger charge is -2.23. The molecule has 0 saturated carbocycles. The molecule has 1 aliphatic carbocycles. The fourth-order valence-corrected chi connectivity index (χ4v) is 5.89. The lowest BCUT2D eigenvalue weighted by Crippen LogP contribution is -2.36. The molecular weight excluding hydrogens is 366 g/mol. The van der Waals surface area contributed by atoms with Crippen molar-refractivity contribution in [2.24, 2.45) is 0 Å². The zero-order chi connectivity index (χ0) is 18.8. The SMILES string of the molecule is CCCn1c(SC(C)C(=O)N(CC)CC)nc2sc3c(c2c1=O)CCC3. The van der Waals surface area contributed by atoms with Gasteiger partial charge in [0.2, 0.25) is 5.91 Å². The molecule has 1 amide bonds. The Morgan fingerprint density at radius 3 is 2.69 bits per heavy atom. The van der Waals surface area contributed by atoms with Gasteiger partial charge in [0.15, 0.2) is 5.16 Å². The standard InChI is InChI=1S/C19H27N3O2S2/c1-5-11-22-18(24)15-13-9-8-10-14(13)26-16(15)20-19(22)25-12(4)17(23)21(6-2)7-3/h12H,5-11H2,1-4H3. The second-order valence-electron chi connectivity index (χ2n) is 6.66. The summed E-state index contributed by atoms with van der Waals surface area (Å²) in [5.74, 6) is 0.103. The summed E-state index contributed by atoms with van der Waals surface area (Å²) in [5, 5.41) is 1.24. The number of thioether (sulfide) groups is 1. The van der Waals surface area contributed by atoms with Gasteiger partial charge in [-0.1, -0.05) is 18.7 Å². The van der Waals surface area contributed by atoms with Crippen LogP contribution in [-0.4, -0.2) is 38.7 Å². The van der Waals surface area contributed by atoms with E-state index in [1.54, 1.807) is 15.9 Å². The Balaban J connectivity index is 2.01. The van der Waals surface area contributed by atoms with Crippen molar-refractivity contribution in [2.45, 2.75) is 70.3 Å². The van der Waals surface area contributed by atoms with Gasteiger partial charge in [-0.15, -0.1) is 11.3 Å². The molecule has 0 aromatic carbocycles. The number of nitrogens with zero attached hydrogens (tertiary/aromatic N) is 3. The number of hydrogen-bond acceptors (Lipinski definition) is 5. The predicted molar refractivity (Wildman–Crippen MR) is 109 cm³/mol. The van der Waals surface area contributed by atoms with Crippen molar-refractivity contribution >= 4 is 39.2 Å². The van der Waals surface area contributed by atoms with Crippen LogP contribution in [0.2, 0.25) is 0 Å². The van der Waals surface area contributed by atoms with Crippen LogP contribution in [-0.2, 0) is 24.2 Å². The first-order valence-corrected chi connectivity index (χ1v) is 11.2. The number of aromatic nitrogens is 2. The van der Waals surface area contributed by atoms with E-state index >= 15 is 0 Å². The van der Waals surface area contributed by atoms with Crippen LogP contribution in [0.15, 0.2) is 9.95 Å². The second kappa shape index (κ2) is 8.13.